The van der Waals surface area contributed by atoms with Gasteiger partial charge < -0.3 is 0 Å². The molecular formula is C12H3Cl5FI. The van der Waals surface area contributed by atoms with E-state index in [9.17, 15) is 4.39 Å². The minimum Gasteiger partial charge on any atom is -0.206 e. The minimum absolute atomic E-state index is 0.0773. The third kappa shape index (κ3) is 2.81. The molecule has 0 radical (unpaired) electrons. The van der Waals surface area contributed by atoms with Crippen LogP contribution in [-0.4, -0.2) is 0 Å². The summed E-state index contributed by atoms with van der Waals surface area (Å²) in [5.74, 6) is -0.382. The zero-order valence-corrected chi connectivity index (χ0v) is 14.8. The van der Waals surface area contributed by atoms with E-state index in [1.807, 2.05) is 22.6 Å². The van der Waals surface area contributed by atoms with Gasteiger partial charge in [0.05, 0.1) is 28.7 Å². The molecule has 7 heteroatoms. The van der Waals surface area contributed by atoms with Gasteiger partial charge in [-0.15, -0.1) is 0 Å². The molecule has 0 amide bonds. The number of hydrogen-bond donors (Lipinski definition) is 0. The summed E-state index contributed by atoms with van der Waals surface area (Å²) in [6.07, 6.45) is 0. The van der Waals surface area contributed by atoms with Crippen molar-refractivity contribution in [3.8, 4) is 11.1 Å². The first-order valence-electron chi connectivity index (χ1n) is 4.82. The summed E-state index contributed by atoms with van der Waals surface area (Å²) in [6, 6.07) is 4.57. The largest absolute Gasteiger partial charge is 0.206 e. The van der Waals surface area contributed by atoms with Gasteiger partial charge in [-0.3, -0.25) is 0 Å². The highest BCUT2D eigenvalue weighted by Gasteiger charge is 2.22. The summed E-state index contributed by atoms with van der Waals surface area (Å²) in [4.78, 5) is 0. The lowest BCUT2D eigenvalue weighted by Crippen LogP contribution is -1.92. The molecule has 0 aliphatic rings. The fourth-order valence-corrected chi connectivity index (χ4v) is 3.51. The summed E-state index contributed by atoms with van der Waals surface area (Å²) in [7, 11) is 0. The van der Waals surface area contributed by atoms with Crippen molar-refractivity contribution >= 4 is 80.6 Å². The molecule has 0 spiro atoms. The first kappa shape index (κ1) is 15.9. The second kappa shape index (κ2) is 6.12. The van der Waals surface area contributed by atoms with Gasteiger partial charge in [0.25, 0.3) is 0 Å². The van der Waals surface area contributed by atoms with Crippen LogP contribution in [0.25, 0.3) is 11.1 Å². The molecule has 0 nitrogen and oxygen atoms in total. The summed E-state index contributed by atoms with van der Waals surface area (Å²) in [6.45, 7) is 0. The van der Waals surface area contributed by atoms with Crippen molar-refractivity contribution in [1.82, 2.24) is 0 Å². The van der Waals surface area contributed by atoms with Crippen molar-refractivity contribution in [2.75, 3.05) is 0 Å². The smallest absolute Gasteiger partial charge is 0.137 e. The van der Waals surface area contributed by atoms with E-state index in [0.29, 0.717) is 14.7 Å². The molecule has 0 atom stereocenters. The van der Waals surface area contributed by atoms with Crippen LogP contribution in [0.4, 0.5) is 4.39 Å². The Bertz CT molecular complexity index is 643. The highest BCUT2D eigenvalue weighted by Crippen LogP contribution is 2.49. The zero-order valence-electron chi connectivity index (χ0n) is 8.88. The summed E-state index contributed by atoms with van der Waals surface area (Å²) in [5.41, 5.74) is 0.878. The van der Waals surface area contributed by atoms with Crippen LogP contribution in [0.1, 0.15) is 0 Å². The van der Waals surface area contributed by atoms with E-state index in [2.05, 4.69) is 0 Å². The van der Waals surface area contributed by atoms with Crippen molar-refractivity contribution in [1.29, 1.82) is 0 Å². The quantitative estimate of drug-likeness (QED) is 0.232. The molecule has 0 aliphatic carbocycles. The fraction of sp³-hybridized carbons (Fsp3) is 0. The van der Waals surface area contributed by atoms with Gasteiger partial charge in [-0.1, -0.05) is 70.1 Å². The van der Waals surface area contributed by atoms with E-state index in [-0.39, 0.29) is 30.9 Å². The van der Waals surface area contributed by atoms with Crippen LogP contribution >= 0.6 is 80.6 Å². The topological polar surface area (TPSA) is 0 Å². The van der Waals surface area contributed by atoms with Crippen LogP contribution in [0.5, 0.6) is 0 Å². The third-order valence-corrected chi connectivity index (χ3v) is 5.80. The molecule has 0 unspecified atom stereocenters. The number of benzene rings is 2. The number of halogens is 7. The van der Waals surface area contributed by atoms with E-state index in [1.54, 1.807) is 12.1 Å². The minimum atomic E-state index is -0.382. The molecule has 19 heavy (non-hydrogen) atoms. The molecule has 0 saturated heterocycles. The molecule has 0 aromatic heterocycles. The Kier molecular flexibility index (Phi) is 5.13. The van der Waals surface area contributed by atoms with E-state index in [0.717, 1.165) is 0 Å². The van der Waals surface area contributed by atoms with Gasteiger partial charge in [-0.05, 0) is 28.7 Å². The zero-order chi connectivity index (χ0) is 14.3. The average molecular weight is 470 g/mol. The molecule has 2 rings (SSSR count). The van der Waals surface area contributed by atoms with Crippen LogP contribution in [0.2, 0.25) is 25.1 Å². The van der Waals surface area contributed by atoms with Gasteiger partial charge in [0.1, 0.15) is 5.82 Å². The molecule has 0 bridgehead atoms. The monoisotopic (exact) mass is 468 g/mol. The lowest BCUT2D eigenvalue weighted by molar-refractivity contribution is 0.621. The molecular weight excluding hydrogens is 467 g/mol. The van der Waals surface area contributed by atoms with Crippen molar-refractivity contribution in [3.63, 3.8) is 0 Å². The number of hydrogen-bond acceptors (Lipinski definition) is 0. The van der Waals surface area contributed by atoms with Crippen LogP contribution in [0, 0.1) is 9.39 Å². The van der Waals surface area contributed by atoms with Crippen molar-refractivity contribution in [2.24, 2.45) is 0 Å². The molecule has 0 heterocycles. The van der Waals surface area contributed by atoms with Crippen LogP contribution in [0.3, 0.4) is 0 Å². The maximum Gasteiger partial charge on any atom is 0.137 e. The van der Waals surface area contributed by atoms with Crippen LogP contribution < -0.4 is 0 Å². The predicted molar refractivity (Wildman–Crippen MR) is 89.6 cm³/mol. The SMILES string of the molecule is Fc1cccc(-c2c(Cl)c(Cl)c(Cl)c(Cl)c2Cl)c1I. The van der Waals surface area contributed by atoms with Crippen LogP contribution in [-0.2, 0) is 0 Å². The molecule has 100 valence electrons. The Morgan fingerprint density at radius 2 is 1.26 bits per heavy atom. The molecule has 0 saturated carbocycles. The maximum absolute atomic E-state index is 13.6. The first-order valence-corrected chi connectivity index (χ1v) is 7.79. The Hall–Kier alpha value is 0.550. The van der Waals surface area contributed by atoms with E-state index in [4.69, 9.17) is 58.0 Å². The van der Waals surface area contributed by atoms with Gasteiger partial charge in [0.15, 0.2) is 0 Å². The Balaban J connectivity index is 2.87. The fourth-order valence-electron chi connectivity index (χ4n) is 1.54. The van der Waals surface area contributed by atoms with Gasteiger partial charge in [0, 0.05) is 11.1 Å². The summed E-state index contributed by atoms with van der Waals surface area (Å²) >= 11 is 32.1. The molecule has 2 aromatic rings. The summed E-state index contributed by atoms with van der Waals surface area (Å²) < 4.78 is 14.0. The van der Waals surface area contributed by atoms with E-state index >= 15 is 0 Å². The van der Waals surface area contributed by atoms with Gasteiger partial charge >= 0.3 is 0 Å². The molecule has 2 aromatic carbocycles. The molecule has 0 fully saturated rings. The molecule has 0 aliphatic heterocycles. The first-order chi connectivity index (χ1) is 8.86. The lowest BCUT2D eigenvalue weighted by Gasteiger charge is -2.14. The standard InChI is InChI=1S/C12H3Cl5FI/c13-7-6(4-2-1-3-5(18)12(4)19)8(14)10(16)11(17)9(7)15/h1-3H. The van der Waals surface area contributed by atoms with Crippen LogP contribution in [0.15, 0.2) is 18.2 Å². The molecule has 0 N–H and O–H groups in total. The van der Waals surface area contributed by atoms with Gasteiger partial charge in [0.2, 0.25) is 0 Å². The second-order valence-corrected chi connectivity index (χ2v) is 6.51. The van der Waals surface area contributed by atoms with Gasteiger partial charge in [-0.25, -0.2) is 4.39 Å². The predicted octanol–water partition coefficient (Wildman–Crippen LogP) is 7.36. The highest BCUT2D eigenvalue weighted by atomic mass is 127. The Morgan fingerprint density at radius 1 is 0.789 bits per heavy atom. The normalized spacial score (nSPS) is 10.9. The van der Waals surface area contributed by atoms with Crippen molar-refractivity contribution in [2.45, 2.75) is 0 Å². The Labute approximate surface area is 147 Å². The van der Waals surface area contributed by atoms with Crippen molar-refractivity contribution in [3.05, 3.63) is 52.7 Å². The highest BCUT2D eigenvalue weighted by molar-refractivity contribution is 14.1. The Morgan fingerprint density at radius 3 is 1.79 bits per heavy atom. The number of rotatable bonds is 1. The van der Waals surface area contributed by atoms with Crippen molar-refractivity contribution < 1.29 is 4.39 Å². The maximum atomic E-state index is 13.6. The van der Waals surface area contributed by atoms with E-state index < -0.39 is 0 Å². The second-order valence-electron chi connectivity index (χ2n) is 3.55. The van der Waals surface area contributed by atoms with Gasteiger partial charge in [-0.2, -0.15) is 0 Å². The van der Waals surface area contributed by atoms with E-state index in [1.165, 1.54) is 6.07 Å². The summed E-state index contributed by atoms with van der Waals surface area (Å²) in [5, 5.41) is 0.545. The third-order valence-electron chi connectivity index (χ3n) is 2.43. The lowest BCUT2D eigenvalue weighted by atomic mass is 10.1. The average Bonchev–Trinajstić information content (AvgIpc) is 2.39.